The number of rotatable bonds is 6. The van der Waals surface area contributed by atoms with Gasteiger partial charge in [0.2, 0.25) is 0 Å². The predicted molar refractivity (Wildman–Crippen MR) is 132 cm³/mol. The van der Waals surface area contributed by atoms with Crippen LogP contribution < -0.4 is 0 Å². The van der Waals surface area contributed by atoms with Crippen LogP contribution in [-0.2, 0) is 29.3 Å². The smallest absolute Gasteiger partial charge is 0.190 e. The van der Waals surface area contributed by atoms with E-state index >= 15 is 0 Å². The van der Waals surface area contributed by atoms with Crippen LogP contribution in [0.4, 0.5) is 0 Å². The Bertz CT molecular complexity index is 1190. The van der Waals surface area contributed by atoms with E-state index in [0.717, 1.165) is 32.9 Å². The molecule has 1 aliphatic heterocycles. The summed E-state index contributed by atoms with van der Waals surface area (Å²) < 4.78 is 6.08. The number of hydrogen-bond acceptors (Lipinski definition) is 6. The van der Waals surface area contributed by atoms with Crippen molar-refractivity contribution in [1.29, 1.82) is 0 Å². The first-order valence-corrected chi connectivity index (χ1v) is 13.2. The number of fused-ring (bicyclic) bond motifs is 3. The van der Waals surface area contributed by atoms with Gasteiger partial charge >= 0.3 is 0 Å². The van der Waals surface area contributed by atoms with Crippen LogP contribution >= 0.6 is 34.9 Å². The zero-order chi connectivity index (χ0) is 21.3. The molecule has 0 unspecified atom stereocenters. The standard InChI is InChI=1S/C25H24N2OS3/c1-25(2)13-19-20(14-28-25)31-23-21(19)22(29-15-17-9-5-3-6-10-17)26-24(27-23)30-16-18-11-7-4-8-12-18/h3-12H,13-16H2,1-2H3. The molecule has 6 heteroatoms. The number of hydrogen-bond donors (Lipinski definition) is 0. The number of thioether (sulfide) groups is 2. The molecule has 0 saturated heterocycles. The van der Waals surface area contributed by atoms with Crippen molar-refractivity contribution in [3.8, 4) is 0 Å². The van der Waals surface area contributed by atoms with Gasteiger partial charge in [0.1, 0.15) is 9.86 Å². The maximum Gasteiger partial charge on any atom is 0.190 e. The summed E-state index contributed by atoms with van der Waals surface area (Å²) in [5.74, 6) is 1.77. The number of thiophene rings is 1. The lowest BCUT2D eigenvalue weighted by atomic mass is 9.95. The van der Waals surface area contributed by atoms with E-state index in [9.17, 15) is 0 Å². The van der Waals surface area contributed by atoms with Crippen LogP contribution in [-0.4, -0.2) is 15.6 Å². The van der Waals surface area contributed by atoms with Gasteiger partial charge in [-0.05, 0) is 30.5 Å². The molecule has 0 atom stereocenters. The molecule has 2 aromatic carbocycles. The minimum atomic E-state index is -0.150. The molecule has 0 bridgehead atoms. The summed E-state index contributed by atoms with van der Waals surface area (Å²) in [4.78, 5) is 12.4. The van der Waals surface area contributed by atoms with E-state index in [0.29, 0.717) is 6.61 Å². The molecular weight excluding hydrogens is 440 g/mol. The molecule has 1 aliphatic rings. The van der Waals surface area contributed by atoms with E-state index in [1.807, 2.05) is 11.8 Å². The highest BCUT2D eigenvalue weighted by atomic mass is 32.2. The lowest BCUT2D eigenvalue weighted by Gasteiger charge is -2.30. The van der Waals surface area contributed by atoms with Gasteiger partial charge in [-0.3, -0.25) is 0 Å². The Hall–Kier alpha value is -1.86. The maximum atomic E-state index is 6.08. The predicted octanol–water partition coefficient (Wildman–Crippen LogP) is 7.13. The molecule has 3 heterocycles. The molecule has 3 nitrogen and oxygen atoms in total. The van der Waals surface area contributed by atoms with Crippen molar-refractivity contribution in [1.82, 2.24) is 9.97 Å². The Morgan fingerprint density at radius 2 is 1.55 bits per heavy atom. The minimum absolute atomic E-state index is 0.150. The quantitative estimate of drug-likeness (QED) is 0.172. The Balaban J connectivity index is 1.50. The Morgan fingerprint density at radius 1 is 0.903 bits per heavy atom. The fourth-order valence-corrected chi connectivity index (χ4v) is 6.80. The third kappa shape index (κ3) is 4.82. The second-order valence-electron chi connectivity index (χ2n) is 8.27. The van der Waals surface area contributed by atoms with E-state index in [1.165, 1.54) is 27.0 Å². The Labute approximate surface area is 195 Å². The third-order valence-electron chi connectivity index (χ3n) is 5.31. The number of aromatic nitrogens is 2. The molecule has 0 radical (unpaired) electrons. The number of benzene rings is 2. The van der Waals surface area contributed by atoms with Crippen molar-refractivity contribution in [3.63, 3.8) is 0 Å². The van der Waals surface area contributed by atoms with Gasteiger partial charge in [0.05, 0.1) is 12.2 Å². The van der Waals surface area contributed by atoms with E-state index < -0.39 is 0 Å². The van der Waals surface area contributed by atoms with Gasteiger partial charge in [-0.1, -0.05) is 72.4 Å². The monoisotopic (exact) mass is 464 g/mol. The van der Waals surface area contributed by atoms with Gasteiger partial charge in [-0.15, -0.1) is 23.1 Å². The number of nitrogens with zero attached hydrogens (tertiary/aromatic N) is 2. The lowest BCUT2D eigenvalue weighted by Crippen LogP contribution is -2.31. The van der Waals surface area contributed by atoms with Crippen LogP contribution in [0.5, 0.6) is 0 Å². The highest BCUT2D eigenvalue weighted by molar-refractivity contribution is 7.99. The van der Waals surface area contributed by atoms with Gasteiger partial charge < -0.3 is 4.74 Å². The summed E-state index contributed by atoms with van der Waals surface area (Å²) in [6, 6.07) is 21.1. The van der Waals surface area contributed by atoms with E-state index in [4.69, 9.17) is 14.7 Å². The SMILES string of the molecule is CC1(C)Cc2c(sc3nc(SCc4ccccc4)nc(SCc4ccccc4)c23)CO1. The fraction of sp³-hybridized carbons (Fsp3) is 0.280. The highest BCUT2D eigenvalue weighted by Crippen LogP contribution is 2.43. The molecule has 0 aliphatic carbocycles. The van der Waals surface area contributed by atoms with E-state index in [1.54, 1.807) is 23.1 Å². The molecule has 0 spiro atoms. The fourth-order valence-electron chi connectivity index (χ4n) is 3.71. The average molecular weight is 465 g/mol. The maximum absolute atomic E-state index is 6.08. The van der Waals surface area contributed by atoms with Crippen molar-refractivity contribution < 1.29 is 4.74 Å². The van der Waals surface area contributed by atoms with Crippen molar-refractivity contribution >= 4 is 45.1 Å². The lowest BCUT2D eigenvalue weighted by molar-refractivity contribution is -0.0379. The van der Waals surface area contributed by atoms with Crippen molar-refractivity contribution in [2.75, 3.05) is 0 Å². The Kier molecular flexibility index (Phi) is 6.06. The van der Waals surface area contributed by atoms with Gasteiger partial charge in [0.25, 0.3) is 0 Å². The zero-order valence-electron chi connectivity index (χ0n) is 17.6. The van der Waals surface area contributed by atoms with E-state index in [-0.39, 0.29) is 5.60 Å². The van der Waals surface area contributed by atoms with Gasteiger partial charge in [-0.25, -0.2) is 9.97 Å². The first-order chi connectivity index (χ1) is 15.1. The van der Waals surface area contributed by atoms with Crippen LogP contribution in [0.15, 0.2) is 70.8 Å². The number of ether oxygens (including phenoxy) is 1. The van der Waals surface area contributed by atoms with Crippen LogP contribution in [0.3, 0.4) is 0 Å². The van der Waals surface area contributed by atoms with Crippen LogP contribution in [0.25, 0.3) is 10.2 Å². The van der Waals surface area contributed by atoms with Crippen molar-refractivity contribution in [2.24, 2.45) is 0 Å². The molecular formula is C25H24N2OS3. The molecule has 31 heavy (non-hydrogen) atoms. The van der Waals surface area contributed by atoms with Crippen LogP contribution in [0.2, 0.25) is 0 Å². The Morgan fingerprint density at radius 3 is 2.23 bits per heavy atom. The summed E-state index contributed by atoms with van der Waals surface area (Å²) in [5.41, 5.74) is 3.83. The van der Waals surface area contributed by atoms with Crippen molar-refractivity contribution in [2.45, 2.75) is 54.2 Å². The van der Waals surface area contributed by atoms with Crippen LogP contribution in [0, 0.1) is 0 Å². The summed E-state index contributed by atoms with van der Waals surface area (Å²) in [7, 11) is 0. The first kappa shape index (κ1) is 21.0. The van der Waals surface area contributed by atoms with Crippen LogP contribution in [0.1, 0.15) is 35.4 Å². The molecule has 0 N–H and O–H groups in total. The van der Waals surface area contributed by atoms with Gasteiger partial charge in [-0.2, -0.15) is 0 Å². The zero-order valence-corrected chi connectivity index (χ0v) is 20.1. The normalized spacial score (nSPS) is 15.2. The summed E-state index contributed by atoms with van der Waals surface area (Å²) in [5, 5.41) is 3.19. The van der Waals surface area contributed by atoms with E-state index in [2.05, 4.69) is 74.5 Å². The molecule has 0 fully saturated rings. The summed E-state index contributed by atoms with van der Waals surface area (Å²) in [6.07, 6.45) is 0.904. The molecule has 5 rings (SSSR count). The van der Waals surface area contributed by atoms with Gasteiger partial charge in [0.15, 0.2) is 5.16 Å². The highest BCUT2D eigenvalue weighted by Gasteiger charge is 2.31. The van der Waals surface area contributed by atoms with Crippen molar-refractivity contribution in [3.05, 3.63) is 82.2 Å². The first-order valence-electron chi connectivity index (χ1n) is 10.4. The molecule has 0 amide bonds. The summed E-state index contributed by atoms with van der Waals surface area (Å²) in [6.45, 7) is 5.00. The third-order valence-corrected chi connectivity index (χ3v) is 8.37. The van der Waals surface area contributed by atoms with Gasteiger partial charge in [0, 0.05) is 28.2 Å². The topological polar surface area (TPSA) is 35.0 Å². The molecule has 0 saturated carbocycles. The molecule has 158 valence electrons. The largest absolute Gasteiger partial charge is 0.370 e. The molecule has 4 aromatic rings. The second-order valence-corrected chi connectivity index (χ2v) is 11.3. The minimum Gasteiger partial charge on any atom is -0.370 e. The molecule has 2 aromatic heterocycles. The average Bonchev–Trinajstić information content (AvgIpc) is 3.14. The second kappa shape index (κ2) is 8.94. The summed E-state index contributed by atoms with van der Waals surface area (Å²) >= 11 is 5.30.